The van der Waals surface area contributed by atoms with E-state index in [0.717, 1.165) is 85.8 Å². The standard InChI is InChI=1S/C47H59NO5S/c1-42-16-13-37(49)27-45(42)19-20-47(38(28-45)41(50)36-11-9-35(10-12-36)34-7-5-4-6-8-34)39(42)14-17-43(2)40(47)15-18-46(43,51)30-48(54(3,52)53)29-44-24-31-21-32(25-44)23-33(22-31)26-44/h4-12,19-20,28,31-33,37,39-40,49,51H,13-18,21-27,29-30H2,1-3H3/t31?,32?,33?,37?,39-,40-,42-,43+,44?,45+,46-,47-/m1/s1. The first kappa shape index (κ1) is 35.8. The number of aliphatic hydroxyl groups excluding tert-OH is 1. The summed E-state index contributed by atoms with van der Waals surface area (Å²) in [5.74, 6) is 2.38. The monoisotopic (exact) mass is 749 g/mol. The summed E-state index contributed by atoms with van der Waals surface area (Å²) in [6.07, 6.45) is 20.4. The van der Waals surface area contributed by atoms with E-state index in [-0.39, 0.29) is 35.0 Å². The number of hydrogen-bond acceptors (Lipinski definition) is 5. The Morgan fingerprint density at radius 1 is 0.759 bits per heavy atom. The number of Topliss-reactive ketones (excluding diaryl/α,β-unsaturated/α-hetero) is 1. The molecular weight excluding hydrogens is 691 g/mol. The van der Waals surface area contributed by atoms with Crippen molar-refractivity contribution in [1.29, 1.82) is 0 Å². The van der Waals surface area contributed by atoms with E-state index in [1.165, 1.54) is 25.5 Å². The lowest BCUT2D eigenvalue weighted by Crippen LogP contribution is -2.67. The molecule has 1 unspecified atom stereocenters. The molecule has 6 nitrogen and oxygen atoms in total. The summed E-state index contributed by atoms with van der Waals surface area (Å²) in [7, 11) is -3.58. The molecule has 288 valence electrons. The minimum absolute atomic E-state index is 0.0215. The van der Waals surface area contributed by atoms with Crippen molar-refractivity contribution in [3.63, 3.8) is 0 Å². The SMILES string of the molecule is C[C@]12CC[C@H]3[C@]4(C=C[C@@]5(C=C4C(=O)c4ccc(-c6ccccc6)cc4)CC(O)CC[C@]35C)[C@@H]1CC[C@@]2(O)CN(CC12CC3CC(CC(C3)C1)C2)S(C)(=O)=O. The van der Waals surface area contributed by atoms with Gasteiger partial charge in [0.15, 0.2) is 5.78 Å². The van der Waals surface area contributed by atoms with E-state index in [1.54, 1.807) is 4.31 Å². The molecule has 0 aromatic heterocycles. The number of hydrogen-bond donors (Lipinski definition) is 2. The average Bonchev–Trinajstić information content (AvgIpc) is 3.40. The number of carbonyl (C=O) groups is 1. The van der Waals surface area contributed by atoms with Gasteiger partial charge in [-0.1, -0.05) is 86.7 Å². The highest BCUT2D eigenvalue weighted by Gasteiger charge is 2.74. The van der Waals surface area contributed by atoms with Crippen LogP contribution in [0.15, 0.2) is 78.4 Å². The van der Waals surface area contributed by atoms with Crippen LogP contribution >= 0.6 is 0 Å². The Bertz CT molecular complexity index is 2000. The normalized spacial score (nSPS) is 45.6. The molecule has 54 heavy (non-hydrogen) atoms. The van der Waals surface area contributed by atoms with Crippen molar-refractivity contribution in [2.24, 2.45) is 56.7 Å². The van der Waals surface area contributed by atoms with Crippen molar-refractivity contribution in [1.82, 2.24) is 4.31 Å². The van der Waals surface area contributed by atoms with Gasteiger partial charge in [-0.15, -0.1) is 0 Å². The molecule has 2 aromatic carbocycles. The van der Waals surface area contributed by atoms with E-state index in [1.807, 2.05) is 42.5 Å². The summed E-state index contributed by atoms with van der Waals surface area (Å²) in [6, 6.07) is 18.3. The zero-order valence-electron chi connectivity index (χ0n) is 32.5. The van der Waals surface area contributed by atoms with Gasteiger partial charge in [-0.2, -0.15) is 4.31 Å². The van der Waals surface area contributed by atoms with E-state index >= 15 is 4.79 Å². The Morgan fingerprint density at radius 3 is 2.00 bits per heavy atom. The Balaban J connectivity index is 1.02. The van der Waals surface area contributed by atoms with Gasteiger partial charge in [0.05, 0.1) is 18.0 Å². The maximum absolute atomic E-state index is 15.1. The van der Waals surface area contributed by atoms with Gasteiger partial charge in [0, 0.05) is 40.5 Å². The van der Waals surface area contributed by atoms with Crippen LogP contribution in [-0.2, 0) is 10.0 Å². The Kier molecular flexibility index (Phi) is 7.78. The molecular formula is C47H59NO5S. The van der Waals surface area contributed by atoms with Crippen molar-refractivity contribution >= 4 is 15.8 Å². The lowest BCUT2D eigenvalue weighted by Gasteiger charge is -2.71. The third-order valence-corrected chi connectivity index (χ3v) is 19.0. The number of benzene rings is 2. The molecule has 10 aliphatic rings. The maximum Gasteiger partial charge on any atom is 0.211 e. The van der Waals surface area contributed by atoms with Crippen LogP contribution in [0, 0.1) is 56.7 Å². The average molecular weight is 750 g/mol. The van der Waals surface area contributed by atoms with Crippen molar-refractivity contribution in [3.05, 3.63) is 84.0 Å². The number of rotatable bonds is 8. The Hall–Kier alpha value is -2.58. The molecule has 7 fully saturated rings. The largest absolute Gasteiger partial charge is 0.393 e. The zero-order valence-corrected chi connectivity index (χ0v) is 33.3. The highest BCUT2D eigenvalue weighted by molar-refractivity contribution is 7.88. The fourth-order valence-corrected chi connectivity index (χ4v) is 16.6. The van der Waals surface area contributed by atoms with Crippen molar-refractivity contribution in [3.8, 4) is 11.1 Å². The van der Waals surface area contributed by atoms with Gasteiger partial charge in [0.1, 0.15) is 0 Å². The van der Waals surface area contributed by atoms with Crippen LogP contribution in [0.3, 0.4) is 0 Å². The van der Waals surface area contributed by atoms with Gasteiger partial charge in [-0.25, -0.2) is 8.42 Å². The molecule has 12 rings (SSSR count). The van der Waals surface area contributed by atoms with Crippen molar-refractivity contribution < 1.29 is 23.4 Å². The molecule has 2 spiro atoms. The first-order valence-electron chi connectivity index (χ1n) is 21.1. The number of carbonyl (C=O) groups excluding carboxylic acids is 1. The van der Waals surface area contributed by atoms with E-state index in [4.69, 9.17) is 0 Å². The summed E-state index contributed by atoms with van der Waals surface area (Å²) in [5.41, 5.74) is 0.808. The van der Waals surface area contributed by atoms with Crippen LogP contribution < -0.4 is 0 Å². The second-order valence-corrected chi connectivity index (χ2v) is 22.5. The molecule has 0 heterocycles. The number of aliphatic hydroxyl groups is 2. The third-order valence-electron chi connectivity index (χ3n) is 17.8. The molecule has 0 radical (unpaired) electrons. The first-order valence-corrected chi connectivity index (χ1v) is 23.0. The molecule has 10 aliphatic carbocycles. The van der Waals surface area contributed by atoms with Gasteiger partial charge in [0.25, 0.3) is 0 Å². The fourth-order valence-electron chi connectivity index (χ4n) is 15.6. The first-order chi connectivity index (χ1) is 25.6. The summed E-state index contributed by atoms with van der Waals surface area (Å²) in [4.78, 5) is 15.1. The highest BCUT2D eigenvalue weighted by atomic mass is 32.2. The van der Waals surface area contributed by atoms with E-state index in [2.05, 4.69) is 44.2 Å². The minimum Gasteiger partial charge on any atom is -0.393 e. The van der Waals surface area contributed by atoms with Crippen LogP contribution in [0.2, 0.25) is 0 Å². The second-order valence-electron chi connectivity index (χ2n) is 20.5. The third kappa shape index (κ3) is 4.92. The lowest BCUT2D eigenvalue weighted by molar-refractivity contribution is -0.175. The van der Waals surface area contributed by atoms with Crippen LogP contribution in [0.4, 0.5) is 0 Å². The number of fused-ring (bicyclic) bond motifs is 1. The summed E-state index contributed by atoms with van der Waals surface area (Å²) in [5, 5.41) is 24.3. The molecule has 2 N–H and O–H groups in total. The van der Waals surface area contributed by atoms with Crippen molar-refractivity contribution in [2.75, 3.05) is 19.3 Å². The summed E-state index contributed by atoms with van der Waals surface area (Å²) < 4.78 is 29.3. The molecule has 7 heteroatoms. The number of sulfonamides is 1. The Labute approximate surface area is 322 Å². The van der Waals surface area contributed by atoms with Crippen LogP contribution in [-0.4, -0.2) is 59.8 Å². The van der Waals surface area contributed by atoms with Gasteiger partial charge in [-0.3, -0.25) is 4.79 Å². The number of ketones is 1. The molecule has 0 aliphatic heterocycles. The number of nitrogens with zero attached hydrogens (tertiary/aromatic N) is 1. The highest BCUT2D eigenvalue weighted by Crippen LogP contribution is 2.78. The van der Waals surface area contributed by atoms with Crippen LogP contribution in [0.25, 0.3) is 11.1 Å². The van der Waals surface area contributed by atoms with E-state index in [9.17, 15) is 18.6 Å². The molecule has 8 atom stereocenters. The Morgan fingerprint density at radius 2 is 1.35 bits per heavy atom. The van der Waals surface area contributed by atoms with Gasteiger partial charge < -0.3 is 10.2 Å². The quantitative estimate of drug-likeness (QED) is 0.208. The summed E-state index contributed by atoms with van der Waals surface area (Å²) in [6.45, 7) is 5.30. The predicted octanol–water partition coefficient (Wildman–Crippen LogP) is 8.61. The molecule has 6 bridgehead atoms. The van der Waals surface area contributed by atoms with Gasteiger partial charge in [0.2, 0.25) is 10.0 Å². The van der Waals surface area contributed by atoms with Crippen LogP contribution in [0.1, 0.15) is 108 Å². The fraction of sp³-hybridized carbons (Fsp3) is 0.638. The lowest BCUT2D eigenvalue weighted by atomic mass is 9.32. The topological polar surface area (TPSA) is 94.9 Å². The molecule has 0 saturated heterocycles. The van der Waals surface area contributed by atoms with Gasteiger partial charge >= 0.3 is 0 Å². The van der Waals surface area contributed by atoms with Crippen molar-refractivity contribution in [2.45, 2.75) is 109 Å². The van der Waals surface area contributed by atoms with E-state index in [0.29, 0.717) is 24.9 Å². The smallest absolute Gasteiger partial charge is 0.211 e. The van der Waals surface area contributed by atoms with Crippen LogP contribution in [0.5, 0.6) is 0 Å². The summed E-state index contributed by atoms with van der Waals surface area (Å²) >= 11 is 0. The maximum atomic E-state index is 15.1. The second kappa shape index (κ2) is 11.7. The van der Waals surface area contributed by atoms with E-state index < -0.39 is 38.0 Å². The predicted molar refractivity (Wildman–Crippen MR) is 212 cm³/mol. The molecule has 7 saturated carbocycles. The van der Waals surface area contributed by atoms with Gasteiger partial charge in [-0.05, 0) is 135 Å². The minimum atomic E-state index is -3.58. The molecule has 2 aromatic rings. The zero-order chi connectivity index (χ0) is 37.5. The molecule has 0 amide bonds. The number of allylic oxidation sites excluding steroid dienone is 4.